The molecule has 0 fully saturated rings. The van der Waals surface area contributed by atoms with Crippen LogP contribution in [0.4, 0.5) is 5.69 Å². The highest BCUT2D eigenvalue weighted by molar-refractivity contribution is 7.20. The monoisotopic (exact) mass is 428 g/mol. The molecular formula is C18H20N8O3S. The van der Waals surface area contributed by atoms with E-state index in [-0.39, 0.29) is 23.1 Å². The van der Waals surface area contributed by atoms with Crippen molar-refractivity contribution in [3.05, 3.63) is 32.6 Å². The number of carbonyl (C=O) groups excluding carboxylic acids is 1. The first-order valence-electron chi connectivity index (χ1n) is 9.40. The maximum atomic E-state index is 12.9. The summed E-state index contributed by atoms with van der Waals surface area (Å²) in [5.41, 5.74) is 1.66. The molecule has 0 aliphatic rings. The van der Waals surface area contributed by atoms with E-state index in [0.717, 1.165) is 10.9 Å². The average molecular weight is 428 g/mol. The molecule has 0 saturated heterocycles. The molecular weight excluding hydrogens is 408 g/mol. The average Bonchev–Trinajstić information content (AvgIpc) is 3.35. The van der Waals surface area contributed by atoms with Crippen molar-refractivity contribution in [1.29, 1.82) is 0 Å². The lowest BCUT2D eigenvalue weighted by Crippen LogP contribution is -2.30. The van der Waals surface area contributed by atoms with Crippen LogP contribution in [0.2, 0.25) is 0 Å². The fraction of sp³-hybridized carbons (Fsp3) is 0.389. The number of hydrogen-bond acceptors (Lipinski definition) is 8. The van der Waals surface area contributed by atoms with Gasteiger partial charge in [0, 0.05) is 20.1 Å². The first-order chi connectivity index (χ1) is 14.3. The predicted molar refractivity (Wildman–Crippen MR) is 112 cm³/mol. The number of nitrogens with zero attached hydrogens (tertiary/aromatic N) is 8. The molecule has 156 valence electrons. The molecule has 0 saturated carbocycles. The van der Waals surface area contributed by atoms with Gasteiger partial charge in [-0.15, -0.1) is 16.4 Å². The number of fused-ring (bicyclic) bond motifs is 3. The normalized spacial score (nSPS) is 11.5. The molecule has 0 spiro atoms. The lowest BCUT2D eigenvalue weighted by molar-refractivity contribution is -0.384. The van der Waals surface area contributed by atoms with Crippen molar-refractivity contribution in [2.45, 2.75) is 27.7 Å². The minimum Gasteiger partial charge on any atom is -0.338 e. The number of amides is 1. The zero-order valence-electron chi connectivity index (χ0n) is 17.2. The first-order valence-corrected chi connectivity index (χ1v) is 10.2. The molecule has 0 aromatic carbocycles. The van der Waals surface area contributed by atoms with Crippen molar-refractivity contribution in [2.24, 2.45) is 7.05 Å². The van der Waals surface area contributed by atoms with Gasteiger partial charge < -0.3 is 4.90 Å². The van der Waals surface area contributed by atoms with Crippen LogP contribution in [0, 0.1) is 24.0 Å². The van der Waals surface area contributed by atoms with E-state index in [4.69, 9.17) is 0 Å². The maximum absolute atomic E-state index is 12.9. The summed E-state index contributed by atoms with van der Waals surface area (Å²) < 4.78 is 2.89. The van der Waals surface area contributed by atoms with Crippen LogP contribution in [0.25, 0.3) is 27.4 Å². The maximum Gasteiger partial charge on any atom is 0.321 e. The van der Waals surface area contributed by atoms with Crippen molar-refractivity contribution < 1.29 is 9.72 Å². The largest absolute Gasteiger partial charge is 0.338 e. The van der Waals surface area contributed by atoms with Gasteiger partial charge in [0.2, 0.25) is 5.82 Å². The number of aryl methyl sites for hydroxylation is 3. The Hall–Kier alpha value is -3.41. The van der Waals surface area contributed by atoms with Crippen LogP contribution in [0.5, 0.6) is 0 Å². The summed E-state index contributed by atoms with van der Waals surface area (Å²) in [5, 5.41) is 20.8. The third kappa shape index (κ3) is 2.83. The molecule has 1 amide bonds. The molecule has 12 heteroatoms. The molecule has 4 aromatic heterocycles. The predicted octanol–water partition coefficient (Wildman–Crippen LogP) is 2.75. The van der Waals surface area contributed by atoms with E-state index < -0.39 is 4.92 Å². The number of aromatic nitrogens is 6. The quantitative estimate of drug-likeness (QED) is 0.353. The van der Waals surface area contributed by atoms with Gasteiger partial charge in [-0.25, -0.2) is 14.5 Å². The van der Waals surface area contributed by atoms with E-state index in [1.807, 2.05) is 20.8 Å². The van der Waals surface area contributed by atoms with E-state index in [1.165, 1.54) is 26.9 Å². The summed E-state index contributed by atoms with van der Waals surface area (Å²) >= 11 is 1.32. The lowest BCUT2D eigenvalue weighted by atomic mass is 10.2. The summed E-state index contributed by atoms with van der Waals surface area (Å²) in [6, 6.07) is 0. The van der Waals surface area contributed by atoms with Crippen LogP contribution in [0.1, 0.15) is 34.8 Å². The topological polar surface area (TPSA) is 124 Å². The van der Waals surface area contributed by atoms with Gasteiger partial charge in [0.15, 0.2) is 11.3 Å². The second-order valence-electron chi connectivity index (χ2n) is 6.83. The summed E-state index contributed by atoms with van der Waals surface area (Å²) in [6.07, 6.45) is 1.50. The van der Waals surface area contributed by atoms with Crippen LogP contribution >= 0.6 is 11.3 Å². The van der Waals surface area contributed by atoms with Crippen LogP contribution in [0.15, 0.2) is 6.33 Å². The Labute approximate surface area is 175 Å². The van der Waals surface area contributed by atoms with E-state index in [2.05, 4.69) is 20.2 Å². The van der Waals surface area contributed by atoms with Gasteiger partial charge in [0.05, 0.1) is 15.2 Å². The third-order valence-corrected chi connectivity index (χ3v) is 6.29. The minimum atomic E-state index is -0.478. The number of nitro groups is 1. The van der Waals surface area contributed by atoms with Gasteiger partial charge >= 0.3 is 5.69 Å². The Balaban J connectivity index is 1.94. The molecule has 0 atom stereocenters. The van der Waals surface area contributed by atoms with E-state index in [1.54, 1.807) is 18.9 Å². The molecule has 4 aromatic rings. The fourth-order valence-corrected chi connectivity index (χ4v) is 4.72. The Morgan fingerprint density at radius 2 is 1.97 bits per heavy atom. The SMILES string of the molecule is CCN(CC)C(=O)c1sc2ncn3nc(-c4c([N+](=O)[O-])c(C)nn4C)nc3c2c1C. The second kappa shape index (κ2) is 7.13. The van der Waals surface area contributed by atoms with Crippen LogP contribution in [0.3, 0.4) is 0 Å². The number of thiophene rings is 1. The van der Waals surface area contributed by atoms with E-state index >= 15 is 0 Å². The molecule has 0 unspecified atom stereocenters. The summed E-state index contributed by atoms with van der Waals surface area (Å²) in [5.74, 6) is 0.137. The summed E-state index contributed by atoms with van der Waals surface area (Å²) in [7, 11) is 1.62. The Morgan fingerprint density at radius 1 is 1.27 bits per heavy atom. The Morgan fingerprint density at radius 3 is 2.60 bits per heavy atom. The van der Waals surface area contributed by atoms with Gasteiger partial charge in [-0.2, -0.15) is 5.10 Å². The minimum absolute atomic E-state index is 0.0451. The highest BCUT2D eigenvalue weighted by Gasteiger charge is 2.29. The van der Waals surface area contributed by atoms with Crippen molar-refractivity contribution in [2.75, 3.05) is 13.1 Å². The van der Waals surface area contributed by atoms with Crippen LogP contribution in [-0.2, 0) is 7.05 Å². The number of hydrogen-bond donors (Lipinski definition) is 0. The van der Waals surface area contributed by atoms with Gasteiger partial charge in [-0.05, 0) is 33.3 Å². The highest BCUT2D eigenvalue weighted by Crippen LogP contribution is 2.35. The van der Waals surface area contributed by atoms with Crippen molar-refractivity contribution in [1.82, 2.24) is 34.3 Å². The molecule has 0 aliphatic heterocycles. The van der Waals surface area contributed by atoms with Crippen molar-refractivity contribution >= 4 is 38.8 Å². The van der Waals surface area contributed by atoms with E-state index in [9.17, 15) is 14.9 Å². The molecule has 4 rings (SSSR count). The van der Waals surface area contributed by atoms with Crippen molar-refractivity contribution in [3.63, 3.8) is 0 Å². The van der Waals surface area contributed by atoms with Gasteiger partial charge in [-0.1, -0.05) is 0 Å². The molecule has 4 heterocycles. The van der Waals surface area contributed by atoms with Gasteiger partial charge in [-0.3, -0.25) is 19.6 Å². The standard InChI is InChI=1S/C18H20N8O3S/c1-6-24(7-2)18(27)14-9(3)11-16-20-15(22-25(16)8-19-17(11)30-14)13-12(26(28)29)10(4)21-23(13)5/h8H,6-7H2,1-5H3. The number of rotatable bonds is 5. The zero-order valence-corrected chi connectivity index (χ0v) is 18.0. The van der Waals surface area contributed by atoms with Crippen LogP contribution < -0.4 is 0 Å². The molecule has 0 aliphatic carbocycles. The van der Waals surface area contributed by atoms with Crippen molar-refractivity contribution in [3.8, 4) is 11.5 Å². The Bertz CT molecular complexity index is 1310. The lowest BCUT2D eigenvalue weighted by Gasteiger charge is -2.17. The van der Waals surface area contributed by atoms with Gasteiger partial charge in [0.25, 0.3) is 5.91 Å². The number of carbonyl (C=O) groups is 1. The van der Waals surface area contributed by atoms with Gasteiger partial charge in [0.1, 0.15) is 16.9 Å². The summed E-state index contributed by atoms with van der Waals surface area (Å²) in [6.45, 7) is 8.55. The first kappa shape index (κ1) is 19.9. The molecule has 0 radical (unpaired) electrons. The molecule has 0 bridgehead atoms. The molecule has 11 nitrogen and oxygen atoms in total. The second-order valence-corrected chi connectivity index (χ2v) is 7.82. The highest BCUT2D eigenvalue weighted by atomic mass is 32.1. The fourth-order valence-electron chi connectivity index (χ4n) is 3.61. The molecule has 30 heavy (non-hydrogen) atoms. The molecule has 0 N–H and O–H groups in total. The van der Waals surface area contributed by atoms with E-state index in [0.29, 0.717) is 34.1 Å². The third-order valence-electron chi connectivity index (χ3n) is 5.10. The Kier molecular flexibility index (Phi) is 4.73. The summed E-state index contributed by atoms with van der Waals surface area (Å²) in [4.78, 5) is 36.0. The zero-order chi connectivity index (χ0) is 21.7. The van der Waals surface area contributed by atoms with Crippen LogP contribution in [-0.4, -0.2) is 58.2 Å². The smallest absolute Gasteiger partial charge is 0.321 e.